The van der Waals surface area contributed by atoms with Crippen LogP contribution in [-0.4, -0.2) is 22.1 Å². The standard InChI is InChI=1S/C6H10O2S2/c1-4(6(7)8)5-2-3-9-10-5/h4-5H,2-3H2,1H3,(H,7,8)/t4-,5+/m1/s1. The average Bonchev–Trinajstić information content (AvgIpc) is 2.36. The number of hydrogen-bond donors (Lipinski definition) is 1. The third-order valence-corrected chi connectivity index (χ3v) is 4.70. The molecule has 2 nitrogen and oxygen atoms in total. The van der Waals surface area contributed by atoms with E-state index in [4.69, 9.17) is 5.11 Å². The van der Waals surface area contributed by atoms with Crippen molar-refractivity contribution >= 4 is 27.6 Å². The van der Waals surface area contributed by atoms with Crippen molar-refractivity contribution < 1.29 is 9.90 Å². The molecule has 1 N–H and O–H groups in total. The molecule has 1 aliphatic rings. The first-order valence-electron chi connectivity index (χ1n) is 3.23. The van der Waals surface area contributed by atoms with E-state index in [1.165, 1.54) is 0 Å². The van der Waals surface area contributed by atoms with E-state index in [1.807, 2.05) is 0 Å². The first-order chi connectivity index (χ1) is 4.72. The summed E-state index contributed by atoms with van der Waals surface area (Å²) in [5.74, 6) is 0.257. The van der Waals surface area contributed by atoms with E-state index in [0.717, 1.165) is 12.2 Å². The van der Waals surface area contributed by atoms with E-state index in [9.17, 15) is 4.79 Å². The lowest BCUT2D eigenvalue weighted by Gasteiger charge is -2.10. The SMILES string of the molecule is C[C@@H](C(=O)O)[C@@H]1CCSS1. The Morgan fingerprint density at radius 1 is 1.80 bits per heavy atom. The summed E-state index contributed by atoms with van der Waals surface area (Å²) >= 11 is 0. The van der Waals surface area contributed by atoms with Crippen molar-refractivity contribution in [1.82, 2.24) is 0 Å². The largest absolute Gasteiger partial charge is 0.481 e. The van der Waals surface area contributed by atoms with Gasteiger partial charge in [0.05, 0.1) is 5.92 Å². The zero-order valence-electron chi connectivity index (χ0n) is 5.74. The van der Waals surface area contributed by atoms with Crippen LogP contribution in [0, 0.1) is 5.92 Å². The maximum absolute atomic E-state index is 10.5. The van der Waals surface area contributed by atoms with Crippen LogP contribution < -0.4 is 0 Å². The Bertz CT molecular complexity index is 132. The fraction of sp³-hybridized carbons (Fsp3) is 0.833. The Morgan fingerprint density at radius 3 is 2.90 bits per heavy atom. The highest BCUT2D eigenvalue weighted by Crippen LogP contribution is 2.41. The molecule has 0 aliphatic carbocycles. The quantitative estimate of drug-likeness (QED) is 0.655. The molecule has 1 aliphatic heterocycles. The summed E-state index contributed by atoms with van der Waals surface area (Å²) in [6, 6.07) is 0. The average molecular weight is 178 g/mol. The second-order valence-corrected chi connectivity index (χ2v) is 5.10. The summed E-state index contributed by atoms with van der Waals surface area (Å²) in [7, 11) is 3.50. The van der Waals surface area contributed by atoms with Gasteiger partial charge in [-0.25, -0.2) is 0 Å². The van der Waals surface area contributed by atoms with Crippen molar-refractivity contribution in [3.63, 3.8) is 0 Å². The molecule has 10 heavy (non-hydrogen) atoms. The van der Waals surface area contributed by atoms with Crippen LogP contribution in [0.25, 0.3) is 0 Å². The van der Waals surface area contributed by atoms with Gasteiger partial charge in [-0.1, -0.05) is 28.5 Å². The van der Waals surface area contributed by atoms with Crippen molar-refractivity contribution in [3.8, 4) is 0 Å². The highest BCUT2D eigenvalue weighted by atomic mass is 33.1. The molecule has 1 fully saturated rings. The summed E-state index contributed by atoms with van der Waals surface area (Å²) in [4.78, 5) is 10.5. The Balaban J connectivity index is 2.39. The van der Waals surface area contributed by atoms with E-state index in [1.54, 1.807) is 28.5 Å². The van der Waals surface area contributed by atoms with Crippen LogP contribution in [0.2, 0.25) is 0 Å². The normalized spacial score (nSPS) is 28.3. The van der Waals surface area contributed by atoms with Crippen LogP contribution in [0.1, 0.15) is 13.3 Å². The number of rotatable bonds is 2. The monoisotopic (exact) mass is 178 g/mol. The van der Waals surface area contributed by atoms with Crippen molar-refractivity contribution in [2.45, 2.75) is 18.6 Å². The molecule has 2 atom stereocenters. The van der Waals surface area contributed by atoms with Crippen LogP contribution in [0.3, 0.4) is 0 Å². The molecule has 1 heterocycles. The van der Waals surface area contributed by atoms with E-state index in [-0.39, 0.29) is 5.92 Å². The lowest BCUT2D eigenvalue weighted by Crippen LogP contribution is -2.20. The fourth-order valence-corrected chi connectivity index (χ4v) is 4.00. The molecule has 0 unspecified atom stereocenters. The Morgan fingerprint density at radius 2 is 2.50 bits per heavy atom. The Hall–Kier alpha value is 0.170. The zero-order valence-corrected chi connectivity index (χ0v) is 7.37. The Kier molecular flexibility index (Phi) is 2.92. The molecule has 0 spiro atoms. The molecule has 0 radical (unpaired) electrons. The Labute approximate surface area is 68.2 Å². The van der Waals surface area contributed by atoms with Crippen molar-refractivity contribution in [2.24, 2.45) is 5.92 Å². The molecule has 0 aromatic heterocycles. The van der Waals surface area contributed by atoms with Gasteiger partial charge in [0.15, 0.2) is 0 Å². The predicted octanol–water partition coefficient (Wildman–Crippen LogP) is 1.86. The number of carbonyl (C=O) groups is 1. The molecule has 58 valence electrons. The van der Waals surface area contributed by atoms with Gasteiger partial charge in [0, 0.05) is 11.0 Å². The van der Waals surface area contributed by atoms with E-state index < -0.39 is 5.97 Å². The number of aliphatic carboxylic acids is 1. The van der Waals surface area contributed by atoms with Gasteiger partial charge < -0.3 is 5.11 Å². The number of hydrogen-bond acceptors (Lipinski definition) is 3. The molecular weight excluding hydrogens is 168 g/mol. The summed E-state index contributed by atoms with van der Waals surface area (Å²) < 4.78 is 0. The lowest BCUT2D eigenvalue weighted by molar-refractivity contribution is -0.141. The van der Waals surface area contributed by atoms with Gasteiger partial charge in [0.1, 0.15) is 0 Å². The predicted molar refractivity (Wildman–Crippen MR) is 45.3 cm³/mol. The second-order valence-electron chi connectivity index (χ2n) is 2.37. The van der Waals surface area contributed by atoms with Crippen LogP contribution in [0.15, 0.2) is 0 Å². The van der Waals surface area contributed by atoms with Gasteiger partial charge in [-0.3, -0.25) is 4.79 Å². The molecule has 0 aromatic rings. The van der Waals surface area contributed by atoms with Gasteiger partial charge >= 0.3 is 5.97 Å². The molecule has 0 saturated carbocycles. The lowest BCUT2D eigenvalue weighted by atomic mass is 10.1. The van der Waals surface area contributed by atoms with Crippen LogP contribution in [0.4, 0.5) is 0 Å². The third kappa shape index (κ3) is 1.83. The minimum absolute atomic E-state index is 0.181. The smallest absolute Gasteiger partial charge is 0.307 e. The number of carboxylic acid groups (broad SMARTS) is 1. The van der Waals surface area contributed by atoms with Crippen molar-refractivity contribution in [3.05, 3.63) is 0 Å². The third-order valence-electron chi connectivity index (χ3n) is 1.62. The minimum Gasteiger partial charge on any atom is -0.481 e. The summed E-state index contributed by atoms with van der Waals surface area (Å²) in [6.45, 7) is 1.78. The molecule has 4 heteroatoms. The minimum atomic E-state index is -0.667. The first kappa shape index (κ1) is 8.27. The van der Waals surface area contributed by atoms with E-state index in [0.29, 0.717) is 5.25 Å². The van der Waals surface area contributed by atoms with Crippen LogP contribution >= 0.6 is 21.6 Å². The van der Waals surface area contributed by atoms with Gasteiger partial charge in [-0.2, -0.15) is 0 Å². The maximum Gasteiger partial charge on any atom is 0.307 e. The van der Waals surface area contributed by atoms with E-state index >= 15 is 0 Å². The maximum atomic E-state index is 10.5. The zero-order chi connectivity index (χ0) is 7.56. The molecule has 0 aromatic carbocycles. The molecule has 1 rings (SSSR count). The van der Waals surface area contributed by atoms with Gasteiger partial charge in [-0.05, 0) is 6.42 Å². The molecule has 0 bridgehead atoms. The van der Waals surface area contributed by atoms with Crippen molar-refractivity contribution in [1.29, 1.82) is 0 Å². The fourth-order valence-electron chi connectivity index (χ4n) is 0.840. The molecular formula is C6H10O2S2. The first-order valence-corrected chi connectivity index (χ1v) is 5.61. The van der Waals surface area contributed by atoms with Crippen LogP contribution in [0.5, 0.6) is 0 Å². The topological polar surface area (TPSA) is 37.3 Å². The second kappa shape index (κ2) is 3.53. The summed E-state index contributed by atoms with van der Waals surface area (Å²) in [5, 5.41) is 8.96. The van der Waals surface area contributed by atoms with Gasteiger partial charge in [0.25, 0.3) is 0 Å². The molecule has 0 amide bonds. The van der Waals surface area contributed by atoms with E-state index in [2.05, 4.69) is 0 Å². The summed E-state index contributed by atoms with van der Waals surface area (Å²) in [6.07, 6.45) is 1.04. The highest BCUT2D eigenvalue weighted by Gasteiger charge is 2.27. The van der Waals surface area contributed by atoms with Gasteiger partial charge in [-0.15, -0.1) is 0 Å². The highest BCUT2D eigenvalue weighted by molar-refractivity contribution is 8.77. The number of carboxylic acids is 1. The molecule has 1 saturated heterocycles. The van der Waals surface area contributed by atoms with Gasteiger partial charge in [0.2, 0.25) is 0 Å². The van der Waals surface area contributed by atoms with Crippen molar-refractivity contribution in [2.75, 3.05) is 5.75 Å². The van der Waals surface area contributed by atoms with Crippen LogP contribution in [-0.2, 0) is 4.79 Å². The summed E-state index contributed by atoms with van der Waals surface area (Å²) in [5.41, 5.74) is 0.